The van der Waals surface area contributed by atoms with E-state index in [0.717, 1.165) is 5.52 Å². The maximum absolute atomic E-state index is 11.7. The number of para-hydroxylation sites is 1. The molecule has 19 heavy (non-hydrogen) atoms. The number of hydrogen-bond donors (Lipinski definition) is 1. The van der Waals surface area contributed by atoms with Gasteiger partial charge in [-0.05, 0) is 19.9 Å². The van der Waals surface area contributed by atoms with E-state index in [1.54, 1.807) is 13.0 Å². The average molecular weight is 282 g/mol. The van der Waals surface area contributed by atoms with Crippen molar-refractivity contribution in [1.29, 1.82) is 0 Å². The molecule has 2 N–H and O–H groups in total. The van der Waals surface area contributed by atoms with Gasteiger partial charge in [0.05, 0.1) is 6.61 Å². The highest BCUT2D eigenvalue weighted by Gasteiger charge is 2.21. The summed E-state index contributed by atoms with van der Waals surface area (Å²) in [6.45, 7) is 5.48. The molecule has 0 unspecified atom stereocenters. The zero-order valence-electron chi connectivity index (χ0n) is 11.1. The number of nitrogens with two attached hydrogens (primary N) is 1. The number of nitrogens with zero attached hydrogens (tertiary/aromatic N) is 1. The fourth-order valence-corrected chi connectivity index (χ4v) is 3.35. The Bertz CT molecular complexity index is 689. The van der Waals surface area contributed by atoms with Crippen molar-refractivity contribution in [3.8, 4) is 0 Å². The van der Waals surface area contributed by atoms with Crippen LogP contribution in [-0.2, 0) is 21.3 Å². The van der Waals surface area contributed by atoms with Crippen molar-refractivity contribution >= 4 is 20.9 Å². The number of rotatable bonds is 5. The van der Waals surface area contributed by atoms with Crippen molar-refractivity contribution in [2.45, 2.75) is 25.3 Å². The van der Waals surface area contributed by atoms with Gasteiger partial charge in [-0.25, -0.2) is 13.6 Å². The Balaban J connectivity index is 2.61. The summed E-state index contributed by atoms with van der Waals surface area (Å²) in [5.41, 5.74) is 1.52. The molecule has 0 aliphatic rings. The van der Waals surface area contributed by atoms with E-state index in [1.165, 1.54) is 0 Å². The number of hydrogen-bond acceptors (Lipinski definition) is 3. The summed E-state index contributed by atoms with van der Waals surface area (Å²) in [6, 6.07) is 7.36. The van der Waals surface area contributed by atoms with E-state index >= 15 is 0 Å². The molecule has 0 bridgehead atoms. The SMILES string of the molecule is CCOCCn1c(C)c(S(N)(=O)=O)c2ccccc21. The predicted octanol–water partition coefficient (Wildman–Crippen LogP) is 1.63. The fraction of sp³-hybridized carbons (Fsp3) is 0.385. The molecule has 0 radical (unpaired) electrons. The Morgan fingerprint density at radius 2 is 2.00 bits per heavy atom. The molecule has 0 aliphatic carbocycles. The molecule has 1 aromatic carbocycles. The molecule has 104 valence electrons. The molecule has 0 aliphatic heterocycles. The molecule has 0 saturated carbocycles. The van der Waals surface area contributed by atoms with E-state index < -0.39 is 10.0 Å². The molecular weight excluding hydrogens is 264 g/mol. The van der Waals surface area contributed by atoms with E-state index in [0.29, 0.717) is 30.8 Å². The van der Waals surface area contributed by atoms with Gasteiger partial charge in [0, 0.05) is 29.7 Å². The van der Waals surface area contributed by atoms with Crippen molar-refractivity contribution in [3.05, 3.63) is 30.0 Å². The minimum Gasteiger partial charge on any atom is -0.380 e. The maximum Gasteiger partial charge on any atom is 0.240 e. The van der Waals surface area contributed by atoms with Crippen molar-refractivity contribution in [2.75, 3.05) is 13.2 Å². The van der Waals surface area contributed by atoms with Crippen molar-refractivity contribution in [3.63, 3.8) is 0 Å². The summed E-state index contributed by atoms with van der Waals surface area (Å²) in [5.74, 6) is 0. The standard InChI is InChI=1S/C13H18N2O3S/c1-3-18-9-8-15-10(2)13(19(14,16)17)11-6-4-5-7-12(11)15/h4-7H,3,8-9H2,1-2H3,(H2,14,16,17). The van der Waals surface area contributed by atoms with Crippen LogP contribution in [0, 0.1) is 6.92 Å². The second-order valence-electron chi connectivity index (χ2n) is 4.33. The monoisotopic (exact) mass is 282 g/mol. The molecule has 0 amide bonds. The molecule has 1 aromatic heterocycles. The van der Waals surface area contributed by atoms with Crippen LogP contribution in [0.3, 0.4) is 0 Å². The first-order valence-corrected chi connectivity index (χ1v) is 7.69. The second-order valence-corrected chi connectivity index (χ2v) is 5.82. The van der Waals surface area contributed by atoms with E-state index in [9.17, 15) is 8.42 Å². The summed E-state index contributed by atoms with van der Waals surface area (Å²) >= 11 is 0. The minimum atomic E-state index is -3.73. The van der Waals surface area contributed by atoms with Gasteiger partial charge in [-0.15, -0.1) is 0 Å². The van der Waals surface area contributed by atoms with Gasteiger partial charge in [0.25, 0.3) is 0 Å². The first-order valence-electron chi connectivity index (χ1n) is 6.15. The first-order chi connectivity index (χ1) is 8.96. The van der Waals surface area contributed by atoms with E-state index in [2.05, 4.69) is 0 Å². The fourth-order valence-electron chi connectivity index (χ4n) is 2.35. The lowest BCUT2D eigenvalue weighted by atomic mass is 10.2. The smallest absolute Gasteiger partial charge is 0.240 e. The highest BCUT2D eigenvalue weighted by atomic mass is 32.2. The third-order valence-corrected chi connectivity index (χ3v) is 4.21. The third-order valence-electron chi connectivity index (χ3n) is 3.12. The highest BCUT2D eigenvalue weighted by Crippen LogP contribution is 2.28. The summed E-state index contributed by atoms with van der Waals surface area (Å²) in [6.07, 6.45) is 0. The number of aromatic nitrogens is 1. The number of fused-ring (bicyclic) bond motifs is 1. The molecule has 0 saturated heterocycles. The van der Waals surface area contributed by atoms with Gasteiger partial charge in [-0.2, -0.15) is 0 Å². The molecule has 0 fully saturated rings. The van der Waals surface area contributed by atoms with Crippen LogP contribution in [0.2, 0.25) is 0 Å². The van der Waals surface area contributed by atoms with Gasteiger partial charge in [-0.1, -0.05) is 18.2 Å². The molecule has 1 heterocycles. The van der Waals surface area contributed by atoms with Gasteiger partial charge in [-0.3, -0.25) is 0 Å². The van der Waals surface area contributed by atoms with Crippen LogP contribution in [0.5, 0.6) is 0 Å². The average Bonchev–Trinajstić information content (AvgIpc) is 2.62. The number of sulfonamides is 1. The Labute approximate surface area is 113 Å². The molecule has 2 aromatic rings. The Morgan fingerprint density at radius 1 is 1.32 bits per heavy atom. The Hall–Kier alpha value is -1.37. The highest BCUT2D eigenvalue weighted by molar-refractivity contribution is 7.89. The van der Waals surface area contributed by atoms with Crippen LogP contribution in [0.4, 0.5) is 0 Å². The van der Waals surface area contributed by atoms with Crippen LogP contribution in [0.1, 0.15) is 12.6 Å². The van der Waals surface area contributed by atoms with Crippen LogP contribution >= 0.6 is 0 Å². The van der Waals surface area contributed by atoms with E-state index in [-0.39, 0.29) is 4.90 Å². The number of benzene rings is 1. The zero-order chi connectivity index (χ0) is 14.0. The topological polar surface area (TPSA) is 74.3 Å². The van der Waals surface area contributed by atoms with E-state index in [4.69, 9.17) is 9.88 Å². The van der Waals surface area contributed by atoms with Crippen molar-refractivity contribution < 1.29 is 13.2 Å². The largest absolute Gasteiger partial charge is 0.380 e. The summed E-state index contributed by atoms with van der Waals surface area (Å²) in [4.78, 5) is 0.208. The minimum absolute atomic E-state index is 0.208. The lowest BCUT2D eigenvalue weighted by Crippen LogP contribution is -2.14. The van der Waals surface area contributed by atoms with Gasteiger partial charge >= 0.3 is 0 Å². The van der Waals surface area contributed by atoms with Crippen LogP contribution in [-0.4, -0.2) is 26.2 Å². The quantitative estimate of drug-likeness (QED) is 0.847. The molecule has 6 heteroatoms. The molecular formula is C13H18N2O3S. The maximum atomic E-state index is 11.7. The molecule has 0 atom stereocenters. The first kappa shape index (κ1) is 14.0. The van der Waals surface area contributed by atoms with Crippen LogP contribution < -0.4 is 5.14 Å². The lowest BCUT2D eigenvalue weighted by molar-refractivity contribution is 0.139. The van der Waals surface area contributed by atoms with Gasteiger partial charge in [0.2, 0.25) is 10.0 Å². The predicted molar refractivity (Wildman–Crippen MR) is 74.5 cm³/mol. The number of ether oxygens (including phenoxy) is 1. The van der Waals surface area contributed by atoms with Gasteiger partial charge in [0.1, 0.15) is 4.90 Å². The van der Waals surface area contributed by atoms with E-state index in [1.807, 2.05) is 29.7 Å². The van der Waals surface area contributed by atoms with Crippen LogP contribution in [0.25, 0.3) is 10.9 Å². The Morgan fingerprint density at radius 3 is 2.63 bits per heavy atom. The third kappa shape index (κ3) is 2.65. The normalized spacial score (nSPS) is 12.2. The molecule has 0 spiro atoms. The van der Waals surface area contributed by atoms with Crippen molar-refractivity contribution in [1.82, 2.24) is 4.57 Å². The summed E-state index contributed by atoms with van der Waals surface area (Å²) in [7, 11) is -3.73. The second kappa shape index (κ2) is 5.32. The molecule has 2 rings (SSSR count). The number of primary sulfonamides is 1. The van der Waals surface area contributed by atoms with Crippen molar-refractivity contribution in [2.24, 2.45) is 5.14 Å². The Kier molecular flexibility index (Phi) is 3.93. The summed E-state index contributed by atoms with van der Waals surface area (Å²) in [5, 5.41) is 5.99. The molecule has 5 nitrogen and oxygen atoms in total. The zero-order valence-corrected chi connectivity index (χ0v) is 11.9. The van der Waals surface area contributed by atoms with Gasteiger partial charge < -0.3 is 9.30 Å². The summed E-state index contributed by atoms with van der Waals surface area (Å²) < 4.78 is 30.8. The lowest BCUT2D eigenvalue weighted by Gasteiger charge is -2.08. The van der Waals surface area contributed by atoms with Crippen LogP contribution in [0.15, 0.2) is 29.2 Å². The van der Waals surface area contributed by atoms with Gasteiger partial charge in [0.15, 0.2) is 0 Å².